The van der Waals surface area contributed by atoms with Gasteiger partial charge in [-0.15, -0.1) is 0 Å². The summed E-state index contributed by atoms with van der Waals surface area (Å²) in [4.78, 5) is 13.3. The van der Waals surface area contributed by atoms with E-state index >= 15 is 0 Å². The molecule has 1 saturated heterocycles. The van der Waals surface area contributed by atoms with Gasteiger partial charge in [-0.2, -0.15) is 0 Å². The van der Waals surface area contributed by atoms with Gasteiger partial charge in [0.2, 0.25) is 0 Å². The summed E-state index contributed by atoms with van der Waals surface area (Å²) in [6.45, 7) is 4.55. The molecule has 0 aromatic heterocycles. The van der Waals surface area contributed by atoms with E-state index in [-0.39, 0.29) is 5.97 Å². The van der Waals surface area contributed by atoms with Crippen LogP contribution in [-0.2, 0) is 9.53 Å². The number of carbonyl (C=O) groups excluding carboxylic acids is 1. The van der Waals surface area contributed by atoms with Gasteiger partial charge in [0.25, 0.3) is 0 Å². The van der Waals surface area contributed by atoms with E-state index in [2.05, 4.69) is 15.0 Å². The molecule has 1 aliphatic rings. The number of hydrogen-bond acceptors (Lipinski definition) is 5. The maximum absolute atomic E-state index is 11.1. The molecule has 0 aromatic carbocycles. The van der Waals surface area contributed by atoms with Crippen molar-refractivity contribution in [2.24, 2.45) is 5.73 Å². The van der Waals surface area contributed by atoms with E-state index < -0.39 is 6.04 Å². The molecule has 1 rings (SSSR count). The zero-order valence-electron chi connectivity index (χ0n) is 8.66. The SMILES string of the molecule is COC(=O)C(N)CN1CCCNCC1. The number of methoxy groups -OCH3 is 1. The molecule has 3 N–H and O–H groups in total. The second-order valence-corrected chi connectivity index (χ2v) is 3.53. The Morgan fingerprint density at radius 2 is 2.36 bits per heavy atom. The largest absolute Gasteiger partial charge is 0.468 e. The van der Waals surface area contributed by atoms with E-state index in [4.69, 9.17) is 5.73 Å². The molecule has 0 amide bonds. The molecule has 0 saturated carbocycles. The van der Waals surface area contributed by atoms with Gasteiger partial charge >= 0.3 is 5.97 Å². The lowest BCUT2D eigenvalue weighted by molar-refractivity contribution is -0.142. The standard InChI is InChI=1S/C9H19N3O2/c1-14-9(13)8(10)7-12-5-2-3-11-4-6-12/h8,11H,2-7,10H2,1H3. The van der Waals surface area contributed by atoms with Gasteiger partial charge in [-0.05, 0) is 19.5 Å². The Hall–Kier alpha value is -0.650. The normalized spacial score (nSPS) is 21.3. The van der Waals surface area contributed by atoms with Crippen LogP contribution in [-0.4, -0.2) is 56.7 Å². The third-order valence-electron chi connectivity index (χ3n) is 2.39. The first-order valence-corrected chi connectivity index (χ1v) is 5.00. The highest BCUT2D eigenvalue weighted by Crippen LogP contribution is 1.97. The average Bonchev–Trinajstić information content (AvgIpc) is 2.45. The fourth-order valence-electron chi connectivity index (χ4n) is 1.59. The Labute approximate surface area is 84.6 Å². The van der Waals surface area contributed by atoms with Crippen molar-refractivity contribution in [3.05, 3.63) is 0 Å². The minimum absolute atomic E-state index is 0.331. The Morgan fingerprint density at radius 3 is 3.07 bits per heavy atom. The first-order valence-electron chi connectivity index (χ1n) is 5.00. The number of nitrogens with one attached hydrogen (secondary N) is 1. The third kappa shape index (κ3) is 3.61. The van der Waals surface area contributed by atoms with E-state index in [0.717, 1.165) is 32.6 Å². The second kappa shape index (κ2) is 5.95. The van der Waals surface area contributed by atoms with E-state index in [1.54, 1.807) is 0 Å². The molecule has 1 atom stereocenters. The molecule has 1 heterocycles. The highest BCUT2D eigenvalue weighted by molar-refractivity contribution is 5.75. The van der Waals surface area contributed by atoms with Gasteiger partial charge in [0.05, 0.1) is 7.11 Å². The molecule has 5 heteroatoms. The van der Waals surface area contributed by atoms with Crippen molar-refractivity contribution in [3.63, 3.8) is 0 Å². The minimum atomic E-state index is -0.516. The molecule has 14 heavy (non-hydrogen) atoms. The van der Waals surface area contributed by atoms with Gasteiger partial charge < -0.3 is 15.8 Å². The van der Waals surface area contributed by atoms with Crippen molar-refractivity contribution in [1.29, 1.82) is 0 Å². The molecule has 82 valence electrons. The zero-order valence-corrected chi connectivity index (χ0v) is 8.66. The summed E-state index contributed by atoms with van der Waals surface area (Å²) in [6.07, 6.45) is 1.11. The quantitative estimate of drug-likeness (QED) is 0.560. The molecular weight excluding hydrogens is 182 g/mol. The predicted molar refractivity (Wildman–Crippen MR) is 53.9 cm³/mol. The van der Waals surface area contributed by atoms with E-state index in [9.17, 15) is 4.79 Å². The highest BCUT2D eigenvalue weighted by Gasteiger charge is 2.18. The maximum atomic E-state index is 11.1. The van der Waals surface area contributed by atoms with Crippen molar-refractivity contribution < 1.29 is 9.53 Å². The summed E-state index contributed by atoms with van der Waals surface area (Å²) in [5.41, 5.74) is 5.67. The molecule has 1 aliphatic heterocycles. The lowest BCUT2D eigenvalue weighted by Crippen LogP contribution is -2.44. The zero-order chi connectivity index (χ0) is 10.4. The molecule has 0 aromatic rings. The monoisotopic (exact) mass is 201 g/mol. The van der Waals surface area contributed by atoms with Crippen molar-refractivity contribution in [2.45, 2.75) is 12.5 Å². The molecule has 0 spiro atoms. The lowest BCUT2D eigenvalue weighted by atomic mass is 10.3. The average molecular weight is 201 g/mol. The van der Waals surface area contributed by atoms with Crippen LogP contribution in [0.3, 0.4) is 0 Å². The van der Waals surface area contributed by atoms with E-state index in [0.29, 0.717) is 6.54 Å². The minimum Gasteiger partial charge on any atom is -0.468 e. The van der Waals surface area contributed by atoms with Crippen molar-refractivity contribution in [3.8, 4) is 0 Å². The maximum Gasteiger partial charge on any atom is 0.323 e. The molecule has 5 nitrogen and oxygen atoms in total. The van der Waals surface area contributed by atoms with Crippen LogP contribution >= 0.6 is 0 Å². The summed E-state index contributed by atoms with van der Waals surface area (Å²) in [5, 5.41) is 3.30. The number of esters is 1. The number of carbonyl (C=O) groups is 1. The van der Waals surface area contributed by atoms with Gasteiger partial charge in [0.1, 0.15) is 6.04 Å². The first-order chi connectivity index (χ1) is 6.74. The van der Waals surface area contributed by atoms with Crippen LogP contribution in [0, 0.1) is 0 Å². The van der Waals surface area contributed by atoms with Crippen LogP contribution in [0.5, 0.6) is 0 Å². The molecule has 1 fully saturated rings. The van der Waals surface area contributed by atoms with Crippen LogP contribution < -0.4 is 11.1 Å². The Balaban J connectivity index is 2.30. The number of ether oxygens (including phenoxy) is 1. The molecule has 1 unspecified atom stereocenters. The Bertz CT molecular complexity index is 179. The Kier molecular flexibility index (Phi) is 4.86. The van der Waals surface area contributed by atoms with E-state index in [1.165, 1.54) is 7.11 Å². The summed E-state index contributed by atoms with van der Waals surface area (Å²) in [5.74, 6) is -0.331. The fourth-order valence-corrected chi connectivity index (χ4v) is 1.59. The van der Waals surface area contributed by atoms with Crippen molar-refractivity contribution in [2.75, 3.05) is 39.8 Å². The topological polar surface area (TPSA) is 67.6 Å². The molecule has 0 aliphatic carbocycles. The number of nitrogens with zero attached hydrogens (tertiary/aromatic N) is 1. The molecular formula is C9H19N3O2. The van der Waals surface area contributed by atoms with Crippen molar-refractivity contribution in [1.82, 2.24) is 10.2 Å². The number of hydrogen-bond donors (Lipinski definition) is 2. The summed E-state index contributed by atoms with van der Waals surface area (Å²) < 4.78 is 4.58. The number of rotatable bonds is 3. The van der Waals surface area contributed by atoms with Crippen LogP contribution in [0.4, 0.5) is 0 Å². The van der Waals surface area contributed by atoms with Crippen LogP contribution in [0.2, 0.25) is 0 Å². The van der Waals surface area contributed by atoms with Crippen molar-refractivity contribution >= 4 is 5.97 Å². The van der Waals surface area contributed by atoms with Gasteiger partial charge in [-0.25, -0.2) is 0 Å². The molecule has 0 bridgehead atoms. The van der Waals surface area contributed by atoms with Gasteiger partial charge in [-0.3, -0.25) is 9.69 Å². The predicted octanol–water partition coefficient (Wildman–Crippen LogP) is -1.22. The van der Waals surface area contributed by atoms with Crippen LogP contribution in [0.1, 0.15) is 6.42 Å². The smallest absolute Gasteiger partial charge is 0.323 e. The second-order valence-electron chi connectivity index (χ2n) is 3.53. The summed E-state index contributed by atoms with van der Waals surface area (Å²) in [6, 6.07) is -0.516. The summed E-state index contributed by atoms with van der Waals surface area (Å²) in [7, 11) is 1.37. The van der Waals surface area contributed by atoms with Gasteiger partial charge in [-0.1, -0.05) is 0 Å². The van der Waals surface area contributed by atoms with E-state index in [1.807, 2.05) is 0 Å². The first kappa shape index (κ1) is 11.4. The van der Waals surface area contributed by atoms with Crippen LogP contribution in [0.15, 0.2) is 0 Å². The third-order valence-corrected chi connectivity index (χ3v) is 2.39. The van der Waals surface area contributed by atoms with Crippen LogP contribution in [0.25, 0.3) is 0 Å². The highest BCUT2D eigenvalue weighted by atomic mass is 16.5. The van der Waals surface area contributed by atoms with Gasteiger partial charge in [0.15, 0.2) is 0 Å². The van der Waals surface area contributed by atoms with Gasteiger partial charge in [0, 0.05) is 19.6 Å². The fraction of sp³-hybridized carbons (Fsp3) is 0.889. The number of nitrogens with two attached hydrogens (primary N) is 1. The lowest BCUT2D eigenvalue weighted by Gasteiger charge is -2.21. The Morgan fingerprint density at radius 1 is 1.57 bits per heavy atom. The molecule has 0 radical (unpaired) electrons. The summed E-state index contributed by atoms with van der Waals surface area (Å²) >= 11 is 0.